The van der Waals surface area contributed by atoms with E-state index in [0.717, 1.165) is 43.4 Å². The third-order valence-electron chi connectivity index (χ3n) is 5.79. The number of benzene rings is 1. The third kappa shape index (κ3) is 4.10. The van der Waals surface area contributed by atoms with Gasteiger partial charge < -0.3 is 14.4 Å². The standard InChI is InChI=1S/C23H25N3O3S/c1-28-20-10-15-7-8-26(13-18(15)11-21(20)29-2)22(27)14-30-23-17(12-24)9-16-5-3-4-6-19(16)25-23/h9-11H,3-8,13-14H2,1-2H3. The second-order valence-electron chi connectivity index (χ2n) is 7.60. The normalized spacial score (nSPS) is 15.0. The second-order valence-corrected chi connectivity index (χ2v) is 8.56. The molecule has 0 atom stereocenters. The summed E-state index contributed by atoms with van der Waals surface area (Å²) < 4.78 is 10.8. The minimum Gasteiger partial charge on any atom is -0.493 e. The predicted octanol–water partition coefficient (Wildman–Crippen LogP) is 3.53. The number of amides is 1. The number of rotatable bonds is 5. The summed E-state index contributed by atoms with van der Waals surface area (Å²) >= 11 is 1.37. The number of carbonyl (C=O) groups excluding carboxylic acids is 1. The molecule has 0 fully saturated rings. The number of methoxy groups -OCH3 is 2. The molecule has 0 unspecified atom stereocenters. The lowest BCUT2D eigenvalue weighted by Crippen LogP contribution is -2.37. The number of fused-ring (bicyclic) bond motifs is 2. The van der Waals surface area contributed by atoms with E-state index in [1.54, 1.807) is 14.2 Å². The quantitative estimate of drug-likeness (QED) is 0.685. The van der Waals surface area contributed by atoms with Gasteiger partial charge in [-0.2, -0.15) is 5.26 Å². The van der Waals surface area contributed by atoms with Crippen molar-refractivity contribution in [2.24, 2.45) is 0 Å². The molecule has 7 heteroatoms. The predicted molar refractivity (Wildman–Crippen MR) is 115 cm³/mol. The molecule has 6 nitrogen and oxygen atoms in total. The lowest BCUT2D eigenvalue weighted by molar-refractivity contribution is -0.129. The average Bonchev–Trinajstić information content (AvgIpc) is 2.80. The molecule has 1 aliphatic carbocycles. The van der Waals surface area contributed by atoms with Gasteiger partial charge in [-0.05, 0) is 67.0 Å². The van der Waals surface area contributed by atoms with Crippen LogP contribution >= 0.6 is 11.8 Å². The maximum atomic E-state index is 12.9. The van der Waals surface area contributed by atoms with Crippen LogP contribution in [0.15, 0.2) is 23.2 Å². The summed E-state index contributed by atoms with van der Waals surface area (Å²) in [5.74, 6) is 1.73. The van der Waals surface area contributed by atoms with Gasteiger partial charge in [0.1, 0.15) is 11.1 Å². The summed E-state index contributed by atoms with van der Waals surface area (Å²) in [5.41, 5.74) is 5.12. The van der Waals surface area contributed by atoms with Crippen molar-refractivity contribution >= 4 is 17.7 Å². The van der Waals surface area contributed by atoms with Crippen LogP contribution in [0.1, 0.15) is 40.8 Å². The maximum Gasteiger partial charge on any atom is 0.233 e. The van der Waals surface area contributed by atoms with E-state index in [-0.39, 0.29) is 11.7 Å². The molecule has 0 saturated carbocycles. The Balaban J connectivity index is 1.45. The molecule has 0 bridgehead atoms. The van der Waals surface area contributed by atoms with E-state index in [0.29, 0.717) is 35.2 Å². The van der Waals surface area contributed by atoms with Gasteiger partial charge in [0.25, 0.3) is 0 Å². The van der Waals surface area contributed by atoms with Crippen molar-refractivity contribution in [2.45, 2.75) is 43.7 Å². The second kappa shape index (κ2) is 8.97. The van der Waals surface area contributed by atoms with Crippen molar-refractivity contribution < 1.29 is 14.3 Å². The Morgan fingerprint density at radius 2 is 1.83 bits per heavy atom. The topological polar surface area (TPSA) is 75.5 Å². The molecular weight excluding hydrogens is 398 g/mol. The molecule has 156 valence electrons. The van der Waals surface area contributed by atoms with Crippen molar-refractivity contribution in [3.63, 3.8) is 0 Å². The molecule has 1 aliphatic heterocycles. The number of aryl methyl sites for hydroxylation is 2. The Hall–Kier alpha value is -2.72. The van der Waals surface area contributed by atoms with Crippen LogP contribution < -0.4 is 9.47 Å². The highest BCUT2D eigenvalue weighted by atomic mass is 32.2. The Morgan fingerprint density at radius 3 is 2.57 bits per heavy atom. The summed E-state index contributed by atoms with van der Waals surface area (Å²) in [5, 5.41) is 10.2. The smallest absolute Gasteiger partial charge is 0.233 e. The molecule has 0 spiro atoms. The number of aromatic nitrogens is 1. The minimum absolute atomic E-state index is 0.0591. The van der Waals surface area contributed by atoms with Gasteiger partial charge in [-0.15, -0.1) is 0 Å². The monoisotopic (exact) mass is 423 g/mol. The third-order valence-corrected chi connectivity index (χ3v) is 6.77. The zero-order valence-electron chi connectivity index (χ0n) is 17.4. The van der Waals surface area contributed by atoms with Gasteiger partial charge in [0.05, 0.1) is 25.5 Å². The Labute approximate surface area is 181 Å². The first kappa shape index (κ1) is 20.5. The summed E-state index contributed by atoms with van der Waals surface area (Å²) in [4.78, 5) is 19.5. The van der Waals surface area contributed by atoms with Crippen molar-refractivity contribution in [3.8, 4) is 17.6 Å². The van der Waals surface area contributed by atoms with Gasteiger partial charge in [-0.3, -0.25) is 4.79 Å². The van der Waals surface area contributed by atoms with Crippen molar-refractivity contribution in [1.29, 1.82) is 5.26 Å². The summed E-state index contributed by atoms with van der Waals surface area (Å²) in [6.07, 6.45) is 5.01. The van der Waals surface area contributed by atoms with Gasteiger partial charge >= 0.3 is 0 Å². The summed E-state index contributed by atoms with van der Waals surface area (Å²) in [6, 6.07) is 8.17. The van der Waals surface area contributed by atoms with Gasteiger partial charge in [0, 0.05) is 18.8 Å². The first-order chi connectivity index (χ1) is 14.6. The molecule has 0 radical (unpaired) electrons. The first-order valence-electron chi connectivity index (χ1n) is 10.2. The average molecular weight is 424 g/mol. The number of hydrogen-bond acceptors (Lipinski definition) is 6. The molecular formula is C23H25N3O3S. The first-order valence-corrected chi connectivity index (χ1v) is 11.2. The molecule has 1 amide bonds. The summed E-state index contributed by atoms with van der Waals surface area (Å²) in [6.45, 7) is 1.22. The Morgan fingerprint density at radius 1 is 1.10 bits per heavy atom. The van der Waals surface area contributed by atoms with Crippen LogP contribution in [0, 0.1) is 11.3 Å². The van der Waals surface area contributed by atoms with Crippen LogP contribution in [-0.4, -0.2) is 42.3 Å². The highest BCUT2D eigenvalue weighted by Crippen LogP contribution is 2.34. The van der Waals surface area contributed by atoms with Crippen molar-refractivity contribution in [3.05, 3.63) is 46.1 Å². The minimum atomic E-state index is 0.0591. The summed E-state index contributed by atoms with van der Waals surface area (Å²) in [7, 11) is 3.25. The van der Waals surface area contributed by atoms with Crippen molar-refractivity contribution in [1.82, 2.24) is 9.88 Å². The lowest BCUT2D eigenvalue weighted by Gasteiger charge is -2.29. The molecule has 0 saturated heterocycles. The molecule has 1 aromatic heterocycles. The Kier molecular flexibility index (Phi) is 6.14. The van der Waals surface area contributed by atoms with Crippen LogP contribution in [0.3, 0.4) is 0 Å². The van der Waals surface area contributed by atoms with Gasteiger partial charge in [-0.1, -0.05) is 11.8 Å². The zero-order chi connectivity index (χ0) is 21.1. The van der Waals surface area contributed by atoms with E-state index in [2.05, 4.69) is 6.07 Å². The molecule has 2 aliphatic rings. The Bertz CT molecular complexity index is 1020. The van der Waals surface area contributed by atoms with E-state index >= 15 is 0 Å². The van der Waals surface area contributed by atoms with Gasteiger partial charge in [-0.25, -0.2) is 4.98 Å². The molecule has 2 aromatic rings. The number of carbonyl (C=O) groups is 1. The SMILES string of the molecule is COc1cc2c(cc1OC)CN(C(=O)CSc1nc3c(cc1C#N)CCCC3)CC2. The highest BCUT2D eigenvalue weighted by Gasteiger charge is 2.24. The lowest BCUT2D eigenvalue weighted by atomic mass is 9.95. The zero-order valence-corrected chi connectivity index (χ0v) is 18.2. The van der Waals surface area contributed by atoms with E-state index < -0.39 is 0 Å². The fraction of sp³-hybridized carbons (Fsp3) is 0.435. The molecule has 2 heterocycles. The molecule has 0 N–H and O–H groups in total. The van der Waals surface area contributed by atoms with Crippen LogP contribution in [0.25, 0.3) is 0 Å². The van der Waals surface area contributed by atoms with Crippen LogP contribution in [0.4, 0.5) is 0 Å². The molecule has 1 aromatic carbocycles. The van der Waals surface area contributed by atoms with Crippen molar-refractivity contribution in [2.75, 3.05) is 26.5 Å². The number of ether oxygens (including phenoxy) is 2. The number of thioether (sulfide) groups is 1. The van der Waals surface area contributed by atoms with E-state index in [9.17, 15) is 10.1 Å². The van der Waals surface area contributed by atoms with Crippen LogP contribution in [0.2, 0.25) is 0 Å². The molecule has 4 rings (SSSR count). The van der Waals surface area contributed by atoms with Gasteiger partial charge in [0.15, 0.2) is 11.5 Å². The number of nitrogens with zero attached hydrogens (tertiary/aromatic N) is 3. The van der Waals surface area contributed by atoms with E-state index in [1.807, 2.05) is 23.1 Å². The van der Waals surface area contributed by atoms with Gasteiger partial charge in [0.2, 0.25) is 5.91 Å². The fourth-order valence-corrected chi connectivity index (χ4v) is 5.00. The number of pyridine rings is 1. The highest BCUT2D eigenvalue weighted by molar-refractivity contribution is 8.00. The van der Waals surface area contributed by atoms with E-state index in [1.165, 1.54) is 22.9 Å². The maximum absolute atomic E-state index is 12.9. The van der Waals surface area contributed by atoms with Crippen LogP contribution in [0.5, 0.6) is 11.5 Å². The number of nitriles is 1. The fourth-order valence-electron chi connectivity index (χ4n) is 4.12. The van der Waals surface area contributed by atoms with E-state index in [4.69, 9.17) is 14.5 Å². The molecule has 30 heavy (non-hydrogen) atoms. The van der Waals surface area contributed by atoms with Crippen LogP contribution in [-0.2, 0) is 30.6 Å². The largest absolute Gasteiger partial charge is 0.493 e. The number of hydrogen-bond donors (Lipinski definition) is 0.